The zero-order valence-electron chi connectivity index (χ0n) is 17.8. The van der Waals surface area contributed by atoms with E-state index in [0.717, 1.165) is 29.7 Å². The maximum Gasteiger partial charge on any atom is 0.327 e. The Hall–Kier alpha value is -2.61. The van der Waals surface area contributed by atoms with Crippen molar-refractivity contribution >= 4 is 23.5 Å². The summed E-state index contributed by atoms with van der Waals surface area (Å²) in [5.41, 5.74) is 3.18. The molecule has 4 rings (SSSR count). The second-order valence-corrected chi connectivity index (χ2v) is 8.93. The number of nitrogens with zero attached hydrogens (tertiary/aromatic N) is 4. The number of esters is 1. The zero-order valence-corrected chi connectivity index (χ0v) is 18.6. The van der Waals surface area contributed by atoms with Gasteiger partial charge in [0.15, 0.2) is 5.16 Å². The summed E-state index contributed by atoms with van der Waals surface area (Å²) in [6.07, 6.45) is 1.62. The quantitative estimate of drug-likeness (QED) is 0.444. The van der Waals surface area contributed by atoms with E-state index in [0.29, 0.717) is 23.2 Å². The highest BCUT2D eigenvalue weighted by molar-refractivity contribution is 7.99. The highest BCUT2D eigenvalue weighted by Crippen LogP contribution is 2.42. The lowest BCUT2D eigenvalue weighted by Gasteiger charge is -2.35. The van der Waals surface area contributed by atoms with Crippen LogP contribution in [0.25, 0.3) is 17.0 Å². The van der Waals surface area contributed by atoms with E-state index < -0.39 is 5.97 Å². The van der Waals surface area contributed by atoms with Gasteiger partial charge in [-0.3, -0.25) is 9.59 Å². The van der Waals surface area contributed by atoms with Gasteiger partial charge in [0.05, 0.1) is 17.9 Å². The van der Waals surface area contributed by atoms with Gasteiger partial charge in [-0.15, -0.1) is 5.10 Å². The summed E-state index contributed by atoms with van der Waals surface area (Å²) in [7, 11) is 0. The molecule has 0 aliphatic heterocycles. The molecule has 0 N–H and O–H groups in total. The zero-order chi connectivity index (χ0) is 21.5. The maximum absolute atomic E-state index is 13.8. The van der Waals surface area contributed by atoms with Crippen molar-refractivity contribution in [1.29, 1.82) is 0 Å². The standard InChI is InChI=1S/C22H26N4O3S/c1-5-22(4)12-14-10-8-9-11-15(14)18-17(22)19(28)26-20(23-18)25(13-16(27)29-6-2)24-21(26)30-7-3/h8-11H,5-7,12-13H2,1-4H3. The molecule has 0 amide bonds. The lowest BCUT2D eigenvalue weighted by molar-refractivity contribution is -0.143. The number of hydrogen-bond donors (Lipinski definition) is 0. The molecule has 0 spiro atoms. The van der Waals surface area contributed by atoms with Gasteiger partial charge in [-0.05, 0) is 31.1 Å². The lowest BCUT2D eigenvalue weighted by atomic mass is 9.69. The Morgan fingerprint density at radius 2 is 2.03 bits per heavy atom. The number of thioether (sulfide) groups is 1. The summed E-state index contributed by atoms with van der Waals surface area (Å²) < 4.78 is 8.14. The monoisotopic (exact) mass is 426 g/mol. The number of hydrogen-bond acceptors (Lipinski definition) is 6. The van der Waals surface area contributed by atoms with Gasteiger partial charge in [0.1, 0.15) is 6.54 Å². The molecule has 1 aliphatic rings. The molecule has 1 aliphatic carbocycles. The third kappa shape index (κ3) is 3.23. The number of benzene rings is 1. The molecule has 158 valence electrons. The van der Waals surface area contributed by atoms with E-state index in [1.807, 2.05) is 25.1 Å². The summed E-state index contributed by atoms with van der Waals surface area (Å²) in [4.78, 5) is 30.9. The number of carbonyl (C=O) groups excluding carboxylic acids is 1. The number of ether oxygens (including phenoxy) is 1. The molecule has 0 radical (unpaired) electrons. The van der Waals surface area contributed by atoms with Gasteiger partial charge in [-0.25, -0.2) is 14.1 Å². The average Bonchev–Trinajstić information content (AvgIpc) is 3.06. The van der Waals surface area contributed by atoms with E-state index >= 15 is 0 Å². The number of aromatic nitrogens is 4. The Balaban J connectivity index is 2.04. The Kier molecular flexibility index (Phi) is 5.44. The fourth-order valence-corrected chi connectivity index (χ4v) is 4.87. The minimum atomic E-state index is -0.402. The predicted octanol–water partition coefficient (Wildman–Crippen LogP) is 3.46. The second-order valence-electron chi connectivity index (χ2n) is 7.70. The number of carbonyl (C=O) groups is 1. The van der Waals surface area contributed by atoms with Crippen molar-refractivity contribution in [2.45, 2.75) is 57.7 Å². The molecule has 0 saturated carbocycles. The van der Waals surface area contributed by atoms with Crippen LogP contribution in [0.4, 0.5) is 0 Å². The minimum absolute atomic E-state index is 0.0838. The van der Waals surface area contributed by atoms with E-state index in [1.165, 1.54) is 22.0 Å². The highest BCUT2D eigenvalue weighted by Gasteiger charge is 2.38. The van der Waals surface area contributed by atoms with E-state index in [2.05, 4.69) is 25.0 Å². The Morgan fingerprint density at radius 3 is 2.73 bits per heavy atom. The summed E-state index contributed by atoms with van der Waals surface area (Å²) in [6, 6.07) is 8.10. The third-order valence-corrected chi connectivity index (χ3v) is 6.60. The topological polar surface area (TPSA) is 78.5 Å². The van der Waals surface area contributed by atoms with Gasteiger partial charge < -0.3 is 4.74 Å². The summed E-state index contributed by atoms with van der Waals surface area (Å²) in [6.45, 7) is 8.22. The first-order valence-corrected chi connectivity index (χ1v) is 11.3. The van der Waals surface area contributed by atoms with Crippen LogP contribution in [0.1, 0.15) is 45.2 Å². The molecular formula is C22H26N4O3S. The van der Waals surface area contributed by atoms with Crippen molar-refractivity contribution in [1.82, 2.24) is 19.2 Å². The number of fused-ring (bicyclic) bond motifs is 4. The van der Waals surface area contributed by atoms with Crippen LogP contribution in [0.3, 0.4) is 0 Å². The SMILES string of the molecule is CCOC(=O)Cn1nc(SCC)n2c(=O)c3c(nc12)-c1ccccc1CC3(C)CC. The van der Waals surface area contributed by atoms with Crippen molar-refractivity contribution in [3.8, 4) is 11.3 Å². The first-order valence-electron chi connectivity index (χ1n) is 10.3. The largest absolute Gasteiger partial charge is 0.465 e. The Bertz CT molecular complexity index is 1180. The molecule has 1 unspecified atom stereocenters. The van der Waals surface area contributed by atoms with E-state index in [9.17, 15) is 9.59 Å². The summed E-state index contributed by atoms with van der Waals surface area (Å²) in [5, 5.41) is 5.09. The maximum atomic E-state index is 13.8. The van der Waals surface area contributed by atoms with Crippen LogP contribution in [-0.2, 0) is 27.9 Å². The fourth-order valence-electron chi connectivity index (χ4n) is 4.16. The van der Waals surface area contributed by atoms with Crippen LogP contribution < -0.4 is 5.56 Å². The predicted molar refractivity (Wildman–Crippen MR) is 117 cm³/mol. The summed E-state index contributed by atoms with van der Waals surface area (Å²) in [5.74, 6) is 0.724. The van der Waals surface area contributed by atoms with Crippen LogP contribution in [-0.4, -0.2) is 37.5 Å². The molecule has 8 heteroatoms. The van der Waals surface area contributed by atoms with Gasteiger partial charge in [0.25, 0.3) is 5.56 Å². The molecule has 0 bridgehead atoms. The molecule has 1 atom stereocenters. The van der Waals surface area contributed by atoms with Gasteiger partial charge >= 0.3 is 5.97 Å². The third-order valence-electron chi connectivity index (χ3n) is 5.79. The van der Waals surface area contributed by atoms with Crippen LogP contribution in [0.15, 0.2) is 34.2 Å². The lowest BCUT2D eigenvalue weighted by Crippen LogP contribution is -2.38. The molecule has 0 fully saturated rings. The van der Waals surface area contributed by atoms with Gasteiger partial charge in [0.2, 0.25) is 5.78 Å². The molecular weight excluding hydrogens is 400 g/mol. The van der Waals surface area contributed by atoms with Crippen molar-refractivity contribution in [3.63, 3.8) is 0 Å². The van der Waals surface area contributed by atoms with Crippen LogP contribution >= 0.6 is 11.8 Å². The fraction of sp³-hybridized carbons (Fsp3) is 0.455. The highest BCUT2D eigenvalue weighted by atomic mass is 32.2. The van der Waals surface area contributed by atoms with Crippen molar-refractivity contribution in [2.24, 2.45) is 0 Å². The smallest absolute Gasteiger partial charge is 0.327 e. The minimum Gasteiger partial charge on any atom is -0.465 e. The number of rotatable bonds is 6. The first-order chi connectivity index (χ1) is 14.4. The van der Waals surface area contributed by atoms with Crippen LogP contribution in [0.2, 0.25) is 0 Å². The van der Waals surface area contributed by atoms with Crippen LogP contribution in [0, 0.1) is 0 Å². The Morgan fingerprint density at radius 1 is 1.27 bits per heavy atom. The van der Waals surface area contributed by atoms with Gasteiger partial charge in [-0.2, -0.15) is 0 Å². The van der Waals surface area contributed by atoms with Crippen molar-refractivity contribution in [3.05, 3.63) is 45.7 Å². The molecule has 7 nitrogen and oxygen atoms in total. The van der Waals surface area contributed by atoms with Gasteiger partial charge in [0, 0.05) is 11.0 Å². The van der Waals surface area contributed by atoms with Crippen molar-refractivity contribution < 1.29 is 9.53 Å². The van der Waals surface area contributed by atoms with E-state index in [4.69, 9.17) is 9.72 Å². The molecule has 0 saturated heterocycles. The molecule has 30 heavy (non-hydrogen) atoms. The van der Waals surface area contributed by atoms with Crippen molar-refractivity contribution in [2.75, 3.05) is 12.4 Å². The summed E-state index contributed by atoms with van der Waals surface area (Å²) >= 11 is 1.46. The van der Waals surface area contributed by atoms with E-state index in [-0.39, 0.29) is 17.5 Å². The van der Waals surface area contributed by atoms with Gasteiger partial charge in [-0.1, -0.05) is 56.8 Å². The molecule has 2 aromatic heterocycles. The van der Waals surface area contributed by atoms with E-state index in [1.54, 1.807) is 11.3 Å². The molecule has 3 aromatic rings. The molecule has 1 aromatic carbocycles. The Labute approximate surface area is 179 Å². The second kappa shape index (κ2) is 7.91. The molecule has 2 heterocycles. The normalized spacial score (nSPS) is 17.6. The van der Waals surface area contributed by atoms with Crippen LogP contribution in [0.5, 0.6) is 0 Å². The average molecular weight is 427 g/mol. The first kappa shape index (κ1) is 20.7.